The minimum atomic E-state index is -0.336. The van der Waals surface area contributed by atoms with E-state index in [1.54, 1.807) is 14.2 Å². The molecular weight excluding hydrogens is 168 g/mol. The predicted octanol–water partition coefficient (Wildman–Crippen LogP) is 1.59. The van der Waals surface area contributed by atoms with Crippen LogP contribution in [0.3, 0.4) is 0 Å². The molecule has 0 saturated heterocycles. The predicted molar refractivity (Wildman–Crippen MR) is 52.8 cm³/mol. The first-order chi connectivity index (χ1) is 6.02. The Morgan fingerprint density at radius 3 is 2.38 bits per heavy atom. The van der Waals surface area contributed by atoms with Crippen LogP contribution in [-0.2, 0) is 9.47 Å². The third-order valence-electron chi connectivity index (χ3n) is 2.23. The molecule has 1 atom stereocenters. The fraction of sp³-hybridized carbons (Fsp3) is 1.00. The van der Waals surface area contributed by atoms with Gasteiger partial charge in [-0.05, 0) is 33.1 Å². The number of aliphatic hydroxyl groups excluding tert-OH is 1. The number of ether oxygens (including phenoxy) is 2. The minimum Gasteiger partial charge on any atom is -0.391 e. The van der Waals surface area contributed by atoms with Gasteiger partial charge in [-0.25, -0.2) is 0 Å². The summed E-state index contributed by atoms with van der Waals surface area (Å²) >= 11 is 0. The molecule has 0 radical (unpaired) electrons. The second-order valence-electron chi connectivity index (χ2n) is 3.97. The first-order valence-corrected chi connectivity index (χ1v) is 4.74. The Hall–Kier alpha value is -0.120. The molecule has 0 aromatic rings. The summed E-state index contributed by atoms with van der Waals surface area (Å²) in [5, 5.41) is 9.35. The maximum Gasteiger partial charge on any atom is 0.0773 e. The van der Waals surface area contributed by atoms with E-state index in [9.17, 15) is 5.11 Å². The van der Waals surface area contributed by atoms with Crippen LogP contribution in [0.5, 0.6) is 0 Å². The van der Waals surface area contributed by atoms with Crippen LogP contribution in [0.25, 0.3) is 0 Å². The van der Waals surface area contributed by atoms with Crippen molar-refractivity contribution in [3.8, 4) is 0 Å². The van der Waals surface area contributed by atoms with E-state index in [0.717, 1.165) is 19.3 Å². The molecule has 0 aliphatic rings. The molecule has 0 heterocycles. The van der Waals surface area contributed by atoms with Gasteiger partial charge in [-0.1, -0.05) is 0 Å². The summed E-state index contributed by atoms with van der Waals surface area (Å²) in [5.41, 5.74) is -0.0766. The Bertz CT molecular complexity index is 123. The van der Waals surface area contributed by atoms with Gasteiger partial charge in [0.2, 0.25) is 0 Å². The third-order valence-corrected chi connectivity index (χ3v) is 2.23. The molecule has 0 spiro atoms. The average molecular weight is 190 g/mol. The minimum absolute atomic E-state index is 0.0766. The van der Waals surface area contributed by atoms with Gasteiger partial charge in [0.15, 0.2) is 0 Å². The highest BCUT2D eigenvalue weighted by atomic mass is 16.5. The molecule has 0 bridgehead atoms. The van der Waals surface area contributed by atoms with Crippen molar-refractivity contribution in [2.75, 3.05) is 20.8 Å². The van der Waals surface area contributed by atoms with E-state index in [1.807, 2.05) is 0 Å². The maximum atomic E-state index is 9.35. The lowest BCUT2D eigenvalue weighted by atomic mass is 10.00. The molecule has 0 amide bonds. The molecule has 1 unspecified atom stereocenters. The fourth-order valence-corrected chi connectivity index (χ4v) is 1.14. The summed E-state index contributed by atoms with van der Waals surface area (Å²) in [6.07, 6.45) is 2.37. The Kier molecular flexibility index (Phi) is 6.29. The van der Waals surface area contributed by atoms with Crippen molar-refractivity contribution in [3.63, 3.8) is 0 Å². The molecule has 0 fully saturated rings. The Labute approximate surface area is 81.0 Å². The van der Waals surface area contributed by atoms with Crippen LogP contribution in [0.2, 0.25) is 0 Å². The van der Waals surface area contributed by atoms with Gasteiger partial charge in [-0.15, -0.1) is 0 Å². The summed E-state index contributed by atoms with van der Waals surface area (Å²) < 4.78 is 10.1. The van der Waals surface area contributed by atoms with Crippen LogP contribution >= 0.6 is 0 Å². The quantitative estimate of drug-likeness (QED) is 0.662. The van der Waals surface area contributed by atoms with Gasteiger partial charge in [0.25, 0.3) is 0 Å². The van der Waals surface area contributed by atoms with Crippen LogP contribution in [0.1, 0.15) is 33.1 Å². The van der Waals surface area contributed by atoms with Crippen molar-refractivity contribution in [2.45, 2.75) is 44.8 Å². The Morgan fingerprint density at radius 1 is 1.31 bits per heavy atom. The molecule has 0 aliphatic carbocycles. The summed E-state index contributed by atoms with van der Waals surface area (Å²) in [4.78, 5) is 0. The molecule has 0 rings (SSSR count). The molecule has 0 saturated carbocycles. The summed E-state index contributed by atoms with van der Waals surface area (Å²) in [7, 11) is 3.31. The maximum absolute atomic E-state index is 9.35. The second-order valence-corrected chi connectivity index (χ2v) is 3.97. The zero-order valence-electron chi connectivity index (χ0n) is 9.17. The van der Waals surface area contributed by atoms with E-state index in [-0.39, 0.29) is 11.7 Å². The molecule has 13 heavy (non-hydrogen) atoms. The highest BCUT2D eigenvalue weighted by Gasteiger charge is 2.16. The molecule has 3 nitrogen and oxygen atoms in total. The number of rotatable bonds is 7. The van der Waals surface area contributed by atoms with Crippen molar-refractivity contribution >= 4 is 0 Å². The Morgan fingerprint density at radius 2 is 1.92 bits per heavy atom. The summed E-state index contributed by atoms with van der Waals surface area (Å²) in [6, 6.07) is 0. The Balaban J connectivity index is 3.44. The van der Waals surface area contributed by atoms with Gasteiger partial charge in [-0.2, -0.15) is 0 Å². The van der Waals surface area contributed by atoms with E-state index < -0.39 is 0 Å². The highest BCUT2D eigenvalue weighted by Crippen LogP contribution is 2.17. The smallest absolute Gasteiger partial charge is 0.0773 e. The summed E-state index contributed by atoms with van der Waals surface area (Å²) in [5.74, 6) is 0. The molecular formula is C10H22O3. The van der Waals surface area contributed by atoms with Gasteiger partial charge in [0.1, 0.15) is 0 Å². The monoisotopic (exact) mass is 190 g/mol. The van der Waals surface area contributed by atoms with Crippen molar-refractivity contribution in [2.24, 2.45) is 0 Å². The number of hydrogen-bond acceptors (Lipinski definition) is 3. The fourth-order valence-electron chi connectivity index (χ4n) is 1.14. The van der Waals surface area contributed by atoms with Crippen LogP contribution < -0.4 is 0 Å². The number of aliphatic hydroxyl groups is 1. The van der Waals surface area contributed by atoms with E-state index in [4.69, 9.17) is 9.47 Å². The van der Waals surface area contributed by atoms with Gasteiger partial charge in [-0.3, -0.25) is 0 Å². The number of hydrogen-bond donors (Lipinski definition) is 1. The first kappa shape index (κ1) is 12.9. The average Bonchev–Trinajstić information content (AvgIpc) is 2.05. The van der Waals surface area contributed by atoms with Crippen molar-refractivity contribution in [1.82, 2.24) is 0 Å². The molecule has 80 valence electrons. The standard InChI is InChI=1S/C10H22O3/c1-10(2,13-4)7-5-6-9(11)8-12-3/h9,11H,5-8H2,1-4H3. The molecule has 0 aliphatic heterocycles. The lowest BCUT2D eigenvalue weighted by molar-refractivity contribution is 0.00647. The van der Waals surface area contributed by atoms with Gasteiger partial charge in [0, 0.05) is 14.2 Å². The SMILES string of the molecule is COCC(O)CCCC(C)(C)OC. The van der Waals surface area contributed by atoms with Gasteiger partial charge < -0.3 is 14.6 Å². The largest absolute Gasteiger partial charge is 0.391 e. The molecule has 3 heteroatoms. The van der Waals surface area contributed by atoms with Crippen LogP contribution in [-0.4, -0.2) is 37.6 Å². The van der Waals surface area contributed by atoms with Crippen molar-refractivity contribution in [3.05, 3.63) is 0 Å². The topological polar surface area (TPSA) is 38.7 Å². The zero-order chi connectivity index (χ0) is 10.3. The van der Waals surface area contributed by atoms with E-state index in [0.29, 0.717) is 6.61 Å². The normalized spacial score (nSPS) is 14.5. The first-order valence-electron chi connectivity index (χ1n) is 4.74. The van der Waals surface area contributed by atoms with Crippen molar-refractivity contribution < 1.29 is 14.6 Å². The van der Waals surface area contributed by atoms with Crippen LogP contribution in [0, 0.1) is 0 Å². The van der Waals surface area contributed by atoms with Gasteiger partial charge in [0.05, 0.1) is 18.3 Å². The summed E-state index contributed by atoms with van der Waals surface area (Å²) in [6.45, 7) is 4.53. The van der Waals surface area contributed by atoms with Gasteiger partial charge >= 0.3 is 0 Å². The lowest BCUT2D eigenvalue weighted by Gasteiger charge is -2.23. The van der Waals surface area contributed by atoms with Crippen LogP contribution in [0.4, 0.5) is 0 Å². The van der Waals surface area contributed by atoms with E-state index >= 15 is 0 Å². The number of methoxy groups -OCH3 is 2. The van der Waals surface area contributed by atoms with Crippen molar-refractivity contribution in [1.29, 1.82) is 0 Å². The zero-order valence-corrected chi connectivity index (χ0v) is 9.17. The lowest BCUT2D eigenvalue weighted by Crippen LogP contribution is -2.23. The van der Waals surface area contributed by atoms with E-state index in [1.165, 1.54) is 0 Å². The highest BCUT2D eigenvalue weighted by molar-refractivity contribution is 4.68. The third kappa shape index (κ3) is 6.99. The van der Waals surface area contributed by atoms with Crippen LogP contribution in [0.15, 0.2) is 0 Å². The molecule has 1 N–H and O–H groups in total. The molecule has 0 aromatic heterocycles. The molecule has 0 aromatic carbocycles. The second kappa shape index (κ2) is 6.35. The van der Waals surface area contributed by atoms with E-state index in [2.05, 4.69) is 13.8 Å².